The Morgan fingerprint density at radius 3 is 1.79 bits per heavy atom. The summed E-state index contributed by atoms with van der Waals surface area (Å²) in [5.41, 5.74) is 7.02. The summed E-state index contributed by atoms with van der Waals surface area (Å²) in [5.74, 6) is -0.503. The van der Waals surface area contributed by atoms with Gasteiger partial charge in [0.2, 0.25) is 0 Å². The first-order chi connectivity index (χ1) is 13.3. The van der Waals surface area contributed by atoms with Crippen molar-refractivity contribution in [2.45, 2.75) is 18.9 Å². The van der Waals surface area contributed by atoms with Crippen molar-refractivity contribution < 1.29 is 19.4 Å². The van der Waals surface area contributed by atoms with Crippen molar-refractivity contribution in [1.29, 1.82) is 0 Å². The fraction of sp³-hybridized carbons (Fsp3) is 0.278. The van der Waals surface area contributed by atoms with E-state index in [-0.39, 0.29) is 11.4 Å². The fourth-order valence-electron chi connectivity index (χ4n) is 2.65. The molecule has 0 amide bonds. The predicted molar refractivity (Wildman–Crippen MR) is 102 cm³/mol. The van der Waals surface area contributed by atoms with Gasteiger partial charge >= 0.3 is 5.97 Å². The first-order valence-electron chi connectivity index (χ1n) is 8.43. The third-order valence-corrected chi connectivity index (χ3v) is 4.15. The van der Waals surface area contributed by atoms with E-state index in [1.165, 1.54) is 31.4 Å². The first-order valence-corrected chi connectivity index (χ1v) is 8.43. The van der Waals surface area contributed by atoms with Crippen LogP contribution in [0.4, 0.5) is 22.7 Å². The number of nitrogens with two attached hydrogens (primary N) is 1. The third kappa shape index (κ3) is 5.24. The van der Waals surface area contributed by atoms with Crippen molar-refractivity contribution in [3.63, 3.8) is 0 Å². The molecule has 0 aliphatic heterocycles. The van der Waals surface area contributed by atoms with Gasteiger partial charge in [-0.3, -0.25) is 25.0 Å². The molecule has 0 fully saturated rings. The van der Waals surface area contributed by atoms with Gasteiger partial charge in [-0.15, -0.1) is 0 Å². The number of methoxy groups -OCH3 is 1. The molecule has 0 aliphatic carbocycles. The topological polar surface area (TPSA) is 142 Å². The van der Waals surface area contributed by atoms with Crippen LogP contribution in [0.15, 0.2) is 48.5 Å². The summed E-state index contributed by atoms with van der Waals surface area (Å²) < 4.78 is 4.60. The Labute approximate surface area is 160 Å². The van der Waals surface area contributed by atoms with Crippen molar-refractivity contribution in [2.24, 2.45) is 5.73 Å². The summed E-state index contributed by atoms with van der Waals surface area (Å²) in [6.45, 7) is 0.445. The van der Waals surface area contributed by atoms with Gasteiger partial charge in [-0.2, -0.15) is 0 Å². The number of nitro groups is 2. The minimum atomic E-state index is -0.749. The zero-order chi connectivity index (χ0) is 20.7. The van der Waals surface area contributed by atoms with E-state index in [9.17, 15) is 25.0 Å². The molecular formula is C18H20N4O6. The monoisotopic (exact) mass is 388 g/mol. The Kier molecular flexibility index (Phi) is 6.99. The molecule has 2 aromatic carbocycles. The van der Waals surface area contributed by atoms with Crippen molar-refractivity contribution in [3.8, 4) is 0 Å². The molecule has 0 aromatic heterocycles. The van der Waals surface area contributed by atoms with E-state index < -0.39 is 21.9 Å². The highest BCUT2D eigenvalue weighted by molar-refractivity contribution is 5.75. The summed E-state index contributed by atoms with van der Waals surface area (Å²) >= 11 is 0. The molecule has 0 bridgehead atoms. The number of carbonyl (C=O) groups is 1. The largest absolute Gasteiger partial charge is 0.468 e. The maximum atomic E-state index is 11.4. The number of non-ortho nitro benzene ring substituents is 2. The third-order valence-electron chi connectivity index (χ3n) is 4.15. The lowest BCUT2D eigenvalue weighted by Gasteiger charge is -2.25. The van der Waals surface area contributed by atoms with Crippen molar-refractivity contribution in [1.82, 2.24) is 0 Å². The number of benzene rings is 2. The van der Waals surface area contributed by atoms with Gasteiger partial charge in [0.15, 0.2) is 0 Å². The summed E-state index contributed by atoms with van der Waals surface area (Å²) in [6.07, 6.45) is 0.910. The van der Waals surface area contributed by atoms with E-state index in [2.05, 4.69) is 4.74 Å². The van der Waals surface area contributed by atoms with Gasteiger partial charge in [-0.05, 0) is 37.1 Å². The highest BCUT2D eigenvalue weighted by Gasteiger charge is 2.17. The molecular weight excluding hydrogens is 368 g/mol. The Balaban J connectivity index is 2.23. The maximum Gasteiger partial charge on any atom is 0.322 e. The van der Waals surface area contributed by atoms with E-state index in [1.54, 1.807) is 24.3 Å². The van der Waals surface area contributed by atoms with Gasteiger partial charge in [-0.25, -0.2) is 0 Å². The minimum Gasteiger partial charge on any atom is -0.468 e. The summed E-state index contributed by atoms with van der Waals surface area (Å²) in [4.78, 5) is 34.0. The van der Waals surface area contributed by atoms with Crippen LogP contribution in [0.1, 0.15) is 12.8 Å². The van der Waals surface area contributed by atoms with Crippen molar-refractivity contribution >= 4 is 28.7 Å². The molecule has 0 saturated heterocycles. The highest BCUT2D eigenvalue weighted by atomic mass is 16.6. The van der Waals surface area contributed by atoms with Gasteiger partial charge in [-0.1, -0.05) is 0 Å². The van der Waals surface area contributed by atoms with E-state index in [1.807, 2.05) is 4.90 Å². The molecule has 0 aliphatic rings. The Morgan fingerprint density at radius 2 is 1.43 bits per heavy atom. The molecule has 10 heteroatoms. The minimum absolute atomic E-state index is 0.0416. The van der Waals surface area contributed by atoms with Crippen molar-refractivity contribution in [3.05, 3.63) is 68.8 Å². The van der Waals surface area contributed by atoms with Crippen LogP contribution in [0.3, 0.4) is 0 Å². The Hall–Kier alpha value is -3.53. The van der Waals surface area contributed by atoms with E-state index >= 15 is 0 Å². The maximum absolute atomic E-state index is 11.4. The molecule has 148 valence electrons. The van der Waals surface area contributed by atoms with Gasteiger partial charge in [0.05, 0.1) is 17.0 Å². The second kappa shape index (κ2) is 9.42. The Morgan fingerprint density at radius 1 is 1.00 bits per heavy atom. The zero-order valence-electron chi connectivity index (χ0n) is 15.2. The van der Waals surface area contributed by atoms with Crippen LogP contribution in [0, 0.1) is 20.2 Å². The molecule has 0 radical (unpaired) electrons. The first kappa shape index (κ1) is 20.8. The lowest BCUT2D eigenvalue weighted by molar-refractivity contribution is -0.385. The molecule has 2 rings (SSSR count). The number of carbonyl (C=O) groups excluding carboxylic acids is 1. The predicted octanol–water partition coefficient (Wildman–Crippen LogP) is 2.92. The normalized spacial score (nSPS) is 11.5. The zero-order valence-corrected chi connectivity index (χ0v) is 15.2. The molecule has 0 heterocycles. The second-order valence-corrected chi connectivity index (χ2v) is 5.97. The number of ether oxygens (including phenoxy) is 1. The summed E-state index contributed by atoms with van der Waals surface area (Å²) in [5, 5.41) is 21.7. The lowest BCUT2D eigenvalue weighted by atomic mass is 10.1. The highest BCUT2D eigenvalue weighted by Crippen LogP contribution is 2.29. The molecule has 1 atom stereocenters. The van der Waals surface area contributed by atoms with Crippen LogP contribution in [-0.4, -0.2) is 35.5 Å². The van der Waals surface area contributed by atoms with E-state index in [0.29, 0.717) is 30.8 Å². The smallest absolute Gasteiger partial charge is 0.322 e. The van der Waals surface area contributed by atoms with E-state index in [4.69, 9.17) is 5.73 Å². The van der Waals surface area contributed by atoms with Gasteiger partial charge in [0, 0.05) is 42.2 Å². The van der Waals surface area contributed by atoms with Crippen LogP contribution >= 0.6 is 0 Å². The summed E-state index contributed by atoms with van der Waals surface area (Å²) in [6, 6.07) is 11.2. The quantitative estimate of drug-likeness (QED) is 0.392. The number of esters is 1. The number of hydrogen-bond donors (Lipinski definition) is 1. The molecule has 2 N–H and O–H groups in total. The second-order valence-electron chi connectivity index (χ2n) is 5.97. The van der Waals surface area contributed by atoms with Crippen LogP contribution in [-0.2, 0) is 9.53 Å². The molecule has 0 saturated carbocycles. The van der Waals surface area contributed by atoms with Gasteiger partial charge in [0.1, 0.15) is 6.04 Å². The fourth-order valence-corrected chi connectivity index (χ4v) is 2.65. The number of nitrogens with zero attached hydrogens (tertiary/aromatic N) is 3. The van der Waals surface area contributed by atoms with Crippen molar-refractivity contribution in [2.75, 3.05) is 18.6 Å². The molecule has 10 nitrogen and oxygen atoms in total. The standard InChI is InChI=1S/C18H20N4O6/c1-28-18(23)17(19)3-2-12-20(13-4-8-15(9-5-13)21(24)25)14-6-10-16(11-7-14)22(26)27/h4-11,17H,2-3,12,19H2,1H3. The van der Waals surface area contributed by atoms with Crippen LogP contribution < -0.4 is 10.6 Å². The summed E-state index contributed by atoms with van der Waals surface area (Å²) in [7, 11) is 1.27. The average molecular weight is 388 g/mol. The molecule has 2 aromatic rings. The van der Waals surface area contributed by atoms with Gasteiger partial charge in [0.25, 0.3) is 11.4 Å². The molecule has 1 unspecified atom stereocenters. The van der Waals surface area contributed by atoms with Crippen LogP contribution in [0.25, 0.3) is 0 Å². The van der Waals surface area contributed by atoms with Crippen LogP contribution in [0.2, 0.25) is 0 Å². The number of rotatable bonds is 9. The van der Waals surface area contributed by atoms with Gasteiger partial charge < -0.3 is 15.4 Å². The average Bonchev–Trinajstić information content (AvgIpc) is 2.70. The number of anilines is 2. The van der Waals surface area contributed by atoms with Crippen LogP contribution in [0.5, 0.6) is 0 Å². The molecule has 0 spiro atoms. The number of hydrogen-bond acceptors (Lipinski definition) is 8. The lowest BCUT2D eigenvalue weighted by Crippen LogP contribution is -2.32. The SMILES string of the molecule is COC(=O)C(N)CCCN(c1ccc([N+](=O)[O-])cc1)c1ccc([N+](=O)[O-])cc1. The Bertz CT molecular complexity index is 781. The molecule has 28 heavy (non-hydrogen) atoms. The van der Waals surface area contributed by atoms with E-state index in [0.717, 1.165) is 0 Å². The number of nitro benzene ring substituents is 2.